The number of benzene rings is 6. The van der Waals surface area contributed by atoms with Crippen LogP contribution in [0, 0.1) is 6.92 Å². The van der Waals surface area contributed by atoms with E-state index in [2.05, 4.69) is 109 Å². The Morgan fingerprint density at radius 3 is 2.12 bits per heavy atom. The van der Waals surface area contributed by atoms with Crippen molar-refractivity contribution in [1.82, 2.24) is 19.9 Å². The summed E-state index contributed by atoms with van der Waals surface area (Å²) in [5.41, 5.74) is 6.19. The Balaban J connectivity index is 1.37. The second kappa shape index (κ2) is 11.1. The van der Waals surface area contributed by atoms with Gasteiger partial charge in [-0.05, 0) is 68.6 Å². The van der Waals surface area contributed by atoms with E-state index in [1.807, 2.05) is 42.6 Å². The van der Waals surface area contributed by atoms with Crippen molar-refractivity contribution in [3.63, 3.8) is 0 Å². The zero-order chi connectivity index (χ0) is 32.2. The Kier molecular flexibility index (Phi) is 6.44. The predicted octanol–water partition coefficient (Wildman–Crippen LogP) is 11.0. The van der Waals surface area contributed by atoms with Crippen LogP contribution in [0.25, 0.3) is 88.7 Å². The molecule has 0 aliphatic rings. The van der Waals surface area contributed by atoms with Crippen molar-refractivity contribution in [2.75, 3.05) is 0 Å². The summed E-state index contributed by atoms with van der Waals surface area (Å²) in [5, 5.41) is 8.87. The number of rotatable bonds is 5. The number of aromatic nitrogens is 4. The van der Waals surface area contributed by atoms with Crippen LogP contribution >= 0.6 is 0 Å². The smallest absolute Gasteiger partial charge is 0.166 e. The van der Waals surface area contributed by atoms with Gasteiger partial charge in [-0.25, -0.2) is 15.0 Å². The van der Waals surface area contributed by atoms with Crippen molar-refractivity contribution >= 4 is 65.9 Å². The highest BCUT2D eigenvalue weighted by molar-refractivity contribution is 6.23. The highest BCUT2D eigenvalue weighted by Gasteiger charge is 2.20. The lowest BCUT2D eigenvalue weighted by Gasteiger charge is -2.14. The van der Waals surface area contributed by atoms with Gasteiger partial charge in [0.25, 0.3) is 0 Å². The first-order valence-electron chi connectivity index (χ1n) is 15.9. The minimum atomic E-state index is 0.514. The summed E-state index contributed by atoms with van der Waals surface area (Å²) >= 11 is 0. The molecule has 0 atom stereocenters. The molecule has 0 spiro atoms. The van der Waals surface area contributed by atoms with Crippen LogP contribution in [-0.4, -0.2) is 19.9 Å². The van der Waals surface area contributed by atoms with Crippen molar-refractivity contribution in [3.8, 4) is 22.8 Å². The summed E-state index contributed by atoms with van der Waals surface area (Å²) in [6.07, 6.45) is 7.46. The molecule has 3 heterocycles. The first kappa shape index (κ1) is 27.8. The standard InChI is InChI=1S/C43H28N4O/c1-3-27(22-29-14-5-4-12-26(29)2)41-45-42(47-43(46-41)36-24-44-25-38-40(36)34-18-10-11-19-37(34)48-38)35-23-30-21-20-28-13-6-7-15-31(28)39(30)33-17-9-8-16-32(33)35/h3-25H,1H2,2H3/b27-22+. The van der Waals surface area contributed by atoms with Gasteiger partial charge in [-0.3, -0.25) is 4.98 Å². The van der Waals surface area contributed by atoms with Crippen LogP contribution in [0.1, 0.15) is 17.0 Å². The average molecular weight is 617 g/mol. The number of aryl methyl sites for hydroxylation is 1. The molecule has 0 saturated carbocycles. The molecule has 48 heavy (non-hydrogen) atoms. The third-order valence-electron chi connectivity index (χ3n) is 9.13. The van der Waals surface area contributed by atoms with E-state index < -0.39 is 0 Å². The molecule has 0 unspecified atom stereocenters. The summed E-state index contributed by atoms with van der Waals surface area (Å²) in [4.78, 5) is 20.0. The minimum Gasteiger partial charge on any atom is -0.454 e. The van der Waals surface area contributed by atoms with E-state index in [1.165, 1.54) is 16.2 Å². The van der Waals surface area contributed by atoms with Gasteiger partial charge in [0, 0.05) is 33.7 Å². The predicted molar refractivity (Wildman–Crippen MR) is 198 cm³/mol. The molecule has 0 radical (unpaired) electrons. The minimum absolute atomic E-state index is 0.514. The van der Waals surface area contributed by atoms with Crippen LogP contribution in [0.15, 0.2) is 145 Å². The van der Waals surface area contributed by atoms with Crippen LogP contribution in [0.2, 0.25) is 0 Å². The van der Waals surface area contributed by atoms with Gasteiger partial charge in [-0.2, -0.15) is 0 Å². The number of furan rings is 1. The monoisotopic (exact) mass is 616 g/mol. The fourth-order valence-electron chi connectivity index (χ4n) is 6.79. The molecule has 0 N–H and O–H groups in total. The molecule has 0 aliphatic heterocycles. The highest BCUT2D eigenvalue weighted by atomic mass is 16.3. The van der Waals surface area contributed by atoms with Crippen LogP contribution in [0.4, 0.5) is 0 Å². The van der Waals surface area contributed by atoms with E-state index in [1.54, 1.807) is 6.20 Å². The maximum atomic E-state index is 6.20. The van der Waals surface area contributed by atoms with Crippen molar-refractivity contribution in [2.24, 2.45) is 0 Å². The van der Waals surface area contributed by atoms with E-state index in [9.17, 15) is 0 Å². The molecule has 0 aliphatic carbocycles. The number of allylic oxidation sites excluding steroid dienone is 2. The average Bonchev–Trinajstić information content (AvgIpc) is 3.53. The highest BCUT2D eigenvalue weighted by Crippen LogP contribution is 2.39. The molecule has 0 saturated heterocycles. The van der Waals surface area contributed by atoms with Crippen LogP contribution < -0.4 is 0 Å². The van der Waals surface area contributed by atoms with E-state index >= 15 is 0 Å². The van der Waals surface area contributed by atoms with Crippen molar-refractivity contribution in [2.45, 2.75) is 6.92 Å². The first-order valence-corrected chi connectivity index (χ1v) is 15.9. The number of hydrogen-bond acceptors (Lipinski definition) is 5. The van der Waals surface area contributed by atoms with Gasteiger partial charge in [0.15, 0.2) is 23.1 Å². The summed E-state index contributed by atoms with van der Waals surface area (Å²) in [5.74, 6) is 1.62. The molecule has 0 fully saturated rings. The number of pyridine rings is 1. The van der Waals surface area contributed by atoms with Crippen molar-refractivity contribution < 1.29 is 4.42 Å². The SMILES string of the molecule is C=C/C(=C\c1ccccc1C)c1nc(-c2cc3ccc4ccccc4c3c3ccccc23)nc(-c2cncc3oc4ccccc4c23)n1. The molecule has 6 aromatic carbocycles. The Morgan fingerprint density at radius 1 is 0.604 bits per heavy atom. The van der Waals surface area contributed by atoms with Crippen LogP contribution in [0.5, 0.6) is 0 Å². The molecular weight excluding hydrogens is 589 g/mol. The number of fused-ring (bicyclic) bond motifs is 8. The Bertz CT molecular complexity index is 2770. The summed E-state index contributed by atoms with van der Waals surface area (Å²) in [6, 6.07) is 39.9. The molecular formula is C43H28N4O. The van der Waals surface area contributed by atoms with Crippen molar-refractivity contribution in [1.29, 1.82) is 0 Å². The zero-order valence-electron chi connectivity index (χ0n) is 26.2. The fraction of sp³-hybridized carbons (Fsp3) is 0.0233. The van der Waals surface area contributed by atoms with Gasteiger partial charge in [0.2, 0.25) is 0 Å². The van der Waals surface area contributed by atoms with Gasteiger partial charge in [-0.15, -0.1) is 0 Å². The Morgan fingerprint density at radius 2 is 1.29 bits per heavy atom. The lowest BCUT2D eigenvalue weighted by atomic mass is 9.93. The maximum Gasteiger partial charge on any atom is 0.166 e. The van der Waals surface area contributed by atoms with Gasteiger partial charge in [0.1, 0.15) is 5.58 Å². The van der Waals surface area contributed by atoms with Crippen LogP contribution in [-0.2, 0) is 0 Å². The topological polar surface area (TPSA) is 64.7 Å². The van der Waals surface area contributed by atoms with Crippen LogP contribution in [0.3, 0.4) is 0 Å². The van der Waals surface area contributed by atoms with E-state index in [0.29, 0.717) is 23.1 Å². The number of nitrogens with zero attached hydrogens (tertiary/aromatic N) is 4. The molecule has 226 valence electrons. The zero-order valence-corrected chi connectivity index (χ0v) is 26.2. The van der Waals surface area contributed by atoms with Gasteiger partial charge in [-0.1, -0.05) is 116 Å². The maximum absolute atomic E-state index is 6.20. The quantitative estimate of drug-likeness (QED) is 0.142. The van der Waals surface area contributed by atoms with Gasteiger partial charge in [0.05, 0.1) is 6.20 Å². The Hall–Kier alpha value is -6.46. The fourth-order valence-corrected chi connectivity index (χ4v) is 6.79. The molecule has 9 rings (SSSR count). The molecule has 5 nitrogen and oxygen atoms in total. The molecule has 3 aromatic heterocycles. The molecule has 5 heteroatoms. The van der Waals surface area contributed by atoms with E-state index in [0.717, 1.165) is 60.3 Å². The third kappa shape index (κ3) is 4.48. The van der Waals surface area contributed by atoms with E-state index in [-0.39, 0.29) is 0 Å². The third-order valence-corrected chi connectivity index (χ3v) is 9.13. The summed E-state index contributed by atoms with van der Waals surface area (Å²) < 4.78 is 6.20. The van der Waals surface area contributed by atoms with E-state index in [4.69, 9.17) is 19.4 Å². The lowest BCUT2D eigenvalue weighted by molar-refractivity contribution is 0.667. The van der Waals surface area contributed by atoms with Gasteiger partial charge < -0.3 is 4.42 Å². The molecule has 0 bridgehead atoms. The first-order chi connectivity index (χ1) is 23.7. The second-order valence-corrected chi connectivity index (χ2v) is 12.0. The van der Waals surface area contributed by atoms with Crippen molar-refractivity contribution in [3.05, 3.63) is 157 Å². The lowest BCUT2D eigenvalue weighted by Crippen LogP contribution is -2.03. The normalized spacial score (nSPS) is 12.1. The number of para-hydroxylation sites is 1. The summed E-state index contributed by atoms with van der Waals surface area (Å²) in [6.45, 7) is 6.27. The molecule has 9 aromatic rings. The Labute approximate surface area is 276 Å². The largest absolute Gasteiger partial charge is 0.454 e. The number of hydrogen-bond donors (Lipinski definition) is 0. The summed E-state index contributed by atoms with van der Waals surface area (Å²) in [7, 11) is 0. The second-order valence-electron chi connectivity index (χ2n) is 12.0. The van der Waals surface area contributed by atoms with Gasteiger partial charge >= 0.3 is 0 Å². The molecule has 0 amide bonds.